The maximum Gasteiger partial charge on any atom is 0.407 e. The summed E-state index contributed by atoms with van der Waals surface area (Å²) in [6.45, 7) is 6.24. The normalized spacial score (nSPS) is 13.6. The third-order valence-corrected chi connectivity index (χ3v) is 7.70. The first-order valence-corrected chi connectivity index (χ1v) is 15.6. The number of rotatable bonds is 20. The number of amides is 2. The molecular weight excluding hydrogens is 510 g/mol. The van der Waals surface area contributed by atoms with Crippen LogP contribution in [0.4, 0.5) is 4.79 Å². The van der Waals surface area contributed by atoms with E-state index in [1.165, 1.54) is 89.9 Å². The number of alkyl carbamates (subject to hydrolysis) is 1. The quantitative estimate of drug-likeness (QED) is 0.163. The Hall–Kier alpha value is -1.79. The number of carbonyl (C=O) groups excluding carboxylic acids is 2. The lowest BCUT2D eigenvalue weighted by atomic mass is 10.0. The van der Waals surface area contributed by atoms with Gasteiger partial charge in [0.1, 0.15) is 6.61 Å². The van der Waals surface area contributed by atoms with Crippen molar-refractivity contribution in [2.75, 3.05) is 39.8 Å². The molecule has 2 rings (SSSR count). The Balaban J connectivity index is 0.00000760. The highest BCUT2D eigenvalue weighted by Gasteiger charge is 2.22. The summed E-state index contributed by atoms with van der Waals surface area (Å²) in [5.41, 5.74) is 1.39. The second-order valence-corrected chi connectivity index (χ2v) is 11.1. The molecule has 1 aliphatic heterocycles. The fourth-order valence-electron chi connectivity index (χ4n) is 5.09. The molecule has 0 radical (unpaired) electrons. The molecule has 1 aliphatic rings. The highest BCUT2D eigenvalue weighted by molar-refractivity contribution is 5.95. The number of benzene rings is 1. The van der Waals surface area contributed by atoms with Gasteiger partial charge in [0.05, 0.1) is 0 Å². The van der Waals surface area contributed by atoms with E-state index in [2.05, 4.69) is 24.2 Å². The predicted octanol–water partition coefficient (Wildman–Crippen LogP) is 7.98. The van der Waals surface area contributed by atoms with Gasteiger partial charge in [0.15, 0.2) is 0 Å². The number of hydrogen-bond donors (Lipinski definition) is 1. The third kappa shape index (κ3) is 16.2. The van der Waals surface area contributed by atoms with Crippen LogP contribution in [-0.4, -0.2) is 61.6 Å². The van der Waals surface area contributed by atoms with Gasteiger partial charge in [0.25, 0.3) is 5.91 Å². The maximum atomic E-state index is 13.0. The van der Waals surface area contributed by atoms with E-state index in [-0.39, 0.29) is 24.9 Å². The monoisotopic (exact) mass is 565 g/mol. The highest BCUT2D eigenvalue weighted by atomic mass is 35.5. The number of hydrogen-bond acceptors (Lipinski definition) is 4. The minimum Gasteiger partial charge on any atom is -0.445 e. The summed E-state index contributed by atoms with van der Waals surface area (Å²) < 4.78 is 5.42. The van der Waals surface area contributed by atoms with Crippen molar-refractivity contribution in [3.8, 4) is 0 Å². The number of ether oxygens (including phenoxy) is 1. The molecule has 0 unspecified atom stereocenters. The topological polar surface area (TPSA) is 61.9 Å². The van der Waals surface area contributed by atoms with E-state index in [1.807, 2.05) is 29.2 Å². The van der Waals surface area contributed by atoms with Crippen molar-refractivity contribution >= 4 is 24.4 Å². The molecule has 0 bridgehead atoms. The van der Waals surface area contributed by atoms with Crippen molar-refractivity contribution in [2.45, 2.75) is 116 Å². The first-order chi connectivity index (χ1) is 18.6. The molecule has 6 nitrogen and oxygen atoms in total. The zero-order valence-electron chi connectivity index (χ0n) is 24.9. The summed E-state index contributed by atoms with van der Waals surface area (Å²) in [7, 11) is 2.07. The Morgan fingerprint density at radius 3 is 1.77 bits per heavy atom. The molecular formula is C32H56ClN3O3. The van der Waals surface area contributed by atoms with Crippen molar-refractivity contribution in [2.24, 2.45) is 0 Å². The van der Waals surface area contributed by atoms with E-state index in [0.717, 1.165) is 44.6 Å². The Labute approximate surface area is 245 Å². The lowest BCUT2D eigenvalue weighted by molar-refractivity contribution is 0.0659. The van der Waals surface area contributed by atoms with Gasteiger partial charge in [-0.1, -0.05) is 121 Å². The van der Waals surface area contributed by atoms with Crippen LogP contribution in [0, 0.1) is 0 Å². The van der Waals surface area contributed by atoms with E-state index in [1.54, 1.807) is 0 Å². The van der Waals surface area contributed by atoms with Crippen LogP contribution in [-0.2, 0) is 11.3 Å². The summed E-state index contributed by atoms with van der Waals surface area (Å²) in [6.07, 6.45) is 21.0. The SMILES string of the molecule is CCCCCCCCCCCCCCCCCCNC(=O)OCc1ccccc1C(=O)N1CCN(C)CC1.Cl. The number of likely N-dealkylation sites (N-methyl/N-ethyl adjacent to an activating group) is 1. The molecule has 0 aromatic heterocycles. The van der Waals surface area contributed by atoms with Crippen molar-refractivity contribution in [3.63, 3.8) is 0 Å². The van der Waals surface area contributed by atoms with Gasteiger partial charge in [-0.3, -0.25) is 4.79 Å². The molecule has 39 heavy (non-hydrogen) atoms. The van der Waals surface area contributed by atoms with Gasteiger partial charge < -0.3 is 19.9 Å². The van der Waals surface area contributed by atoms with Crippen LogP contribution in [0.5, 0.6) is 0 Å². The van der Waals surface area contributed by atoms with Gasteiger partial charge in [-0.25, -0.2) is 4.79 Å². The summed E-state index contributed by atoms with van der Waals surface area (Å²) in [6, 6.07) is 7.44. The van der Waals surface area contributed by atoms with Crippen molar-refractivity contribution < 1.29 is 14.3 Å². The lowest BCUT2D eigenvalue weighted by Gasteiger charge is -2.32. The van der Waals surface area contributed by atoms with E-state index < -0.39 is 6.09 Å². The van der Waals surface area contributed by atoms with Crippen LogP contribution in [0.15, 0.2) is 24.3 Å². The molecule has 1 N–H and O–H groups in total. The van der Waals surface area contributed by atoms with Gasteiger partial charge >= 0.3 is 6.09 Å². The summed E-state index contributed by atoms with van der Waals surface area (Å²) in [5.74, 6) is 0.0193. The number of unbranched alkanes of at least 4 members (excludes halogenated alkanes) is 15. The number of carbonyl (C=O) groups is 2. The maximum absolute atomic E-state index is 13.0. The van der Waals surface area contributed by atoms with E-state index in [4.69, 9.17) is 4.74 Å². The van der Waals surface area contributed by atoms with Crippen LogP contribution >= 0.6 is 12.4 Å². The number of halogens is 1. The number of nitrogens with one attached hydrogen (secondary N) is 1. The second kappa shape index (κ2) is 23.0. The minimum absolute atomic E-state index is 0. The zero-order valence-corrected chi connectivity index (χ0v) is 25.7. The van der Waals surface area contributed by atoms with Crippen LogP contribution in [0.1, 0.15) is 126 Å². The minimum atomic E-state index is -0.409. The van der Waals surface area contributed by atoms with Gasteiger partial charge in [-0.05, 0) is 19.5 Å². The predicted molar refractivity (Wildman–Crippen MR) is 165 cm³/mol. The first kappa shape index (κ1) is 35.2. The van der Waals surface area contributed by atoms with Gasteiger partial charge in [0.2, 0.25) is 0 Å². The fourth-order valence-corrected chi connectivity index (χ4v) is 5.09. The first-order valence-electron chi connectivity index (χ1n) is 15.6. The Morgan fingerprint density at radius 1 is 0.744 bits per heavy atom. The van der Waals surface area contributed by atoms with Crippen LogP contribution in [0.3, 0.4) is 0 Å². The summed E-state index contributed by atoms with van der Waals surface area (Å²) >= 11 is 0. The van der Waals surface area contributed by atoms with Gasteiger partial charge in [-0.15, -0.1) is 12.4 Å². The Kier molecular flexibility index (Phi) is 20.8. The van der Waals surface area contributed by atoms with E-state index in [9.17, 15) is 9.59 Å². The molecule has 2 amide bonds. The molecule has 0 spiro atoms. The molecule has 0 aliphatic carbocycles. The summed E-state index contributed by atoms with van der Waals surface area (Å²) in [5, 5.41) is 2.86. The average molecular weight is 566 g/mol. The molecule has 7 heteroatoms. The van der Waals surface area contributed by atoms with Crippen LogP contribution < -0.4 is 5.32 Å². The van der Waals surface area contributed by atoms with E-state index >= 15 is 0 Å². The van der Waals surface area contributed by atoms with E-state index in [0.29, 0.717) is 12.1 Å². The van der Waals surface area contributed by atoms with Crippen LogP contribution in [0.2, 0.25) is 0 Å². The van der Waals surface area contributed by atoms with Crippen molar-refractivity contribution in [3.05, 3.63) is 35.4 Å². The third-order valence-electron chi connectivity index (χ3n) is 7.70. The molecule has 1 aromatic carbocycles. The Bertz CT molecular complexity index is 769. The molecule has 1 aromatic rings. The standard InChI is InChI=1S/C32H55N3O3.ClH/c1-3-4-5-6-7-8-9-10-11-12-13-14-15-16-17-20-23-33-32(37)38-28-29-21-18-19-22-30(29)31(36)35-26-24-34(2)25-27-35;/h18-19,21-22H,3-17,20,23-28H2,1-2H3,(H,33,37);1H. The second-order valence-electron chi connectivity index (χ2n) is 11.1. The zero-order chi connectivity index (χ0) is 27.3. The number of nitrogens with zero attached hydrogens (tertiary/aromatic N) is 2. The fraction of sp³-hybridized carbons (Fsp3) is 0.750. The summed E-state index contributed by atoms with van der Waals surface area (Å²) in [4.78, 5) is 29.2. The van der Waals surface area contributed by atoms with Crippen LogP contribution in [0.25, 0.3) is 0 Å². The highest BCUT2D eigenvalue weighted by Crippen LogP contribution is 2.16. The smallest absolute Gasteiger partial charge is 0.407 e. The average Bonchev–Trinajstić information content (AvgIpc) is 2.93. The molecule has 0 saturated carbocycles. The molecule has 1 saturated heterocycles. The van der Waals surface area contributed by atoms with Gasteiger partial charge in [0, 0.05) is 43.9 Å². The number of piperazine rings is 1. The molecule has 1 fully saturated rings. The van der Waals surface area contributed by atoms with Gasteiger partial charge in [-0.2, -0.15) is 0 Å². The molecule has 224 valence electrons. The van der Waals surface area contributed by atoms with Crippen molar-refractivity contribution in [1.29, 1.82) is 0 Å². The lowest BCUT2D eigenvalue weighted by Crippen LogP contribution is -2.47. The molecule has 1 heterocycles. The Morgan fingerprint density at radius 2 is 1.23 bits per heavy atom. The largest absolute Gasteiger partial charge is 0.445 e. The van der Waals surface area contributed by atoms with Crippen molar-refractivity contribution in [1.82, 2.24) is 15.1 Å². The molecule has 0 atom stereocenters.